The second kappa shape index (κ2) is 6.05. The van der Waals surface area contributed by atoms with Crippen molar-refractivity contribution in [3.63, 3.8) is 0 Å². The summed E-state index contributed by atoms with van der Waals surface area (Å²) >= 11 is 5.27. The Bertz CT molecular complexity index is 721. The molecule has 0 saturated heterocycles. The molecule has 1 heterocycles. The lowest BCUT2D eigenvalue weighted by Crippen LogP contribution is -2.27. The van der Waals surface area contributed by atoms with Gasteiger partial charge < -0.3 is 5.11 Å². The molecule has 0 amide bonds. The molecule has 0 spiro atoms. The Kier molecular flexibility index (Phi) is 4.39. The fourth-order valence-electron chi connectivity index (χ4n) is 2.20. The van der Waals surface area contributed by atoms with Gasteiger partial charge in [0, 0.05) is 7.05 Å². The molecule has 1 aromatic rings. The highest BCUT2D eigenvalue weighted by atomic mass is 32.1. The van der Waals surface area contributed by atoms with Crippen LogP contribution >= 0.6 is 12.2 Å². The van der Waals surface area contributed by atoms with Crippen molar-refractivity contribution in [2.75, 3.05) is 0 Å². The summed E-state index contributed by atoms with van der Waals surface area (Å²) in [6, 6.07) is 0. The van der Waals surface area contributed by atoms with Crippen molar-refractivity contribution in [3.8, 4) is 5.88 Å². The molecule has 1 aromatic heterocycles. The van der Waals surface area contributed by atoms with Crippen LogP contribution in [0.5, 0.6) is 5.88 Å². The van der Waals surface area contributed by atoms with Gasteiger partial charge in [0.05, 0.1) is 12.1 Å². The zero-order chi connectivity index (χ0) is 14.7. The summed E-state index contributed by atoms with van der Waals surface area (Å²) in [7, 11) is 1.66. The van der Waals surface area contributed by atoms with Gasteiger partial charge in [0.15, 0.2) is 4.77 Å². The lowest BCUT2D eigenvalue weighted by atomic mass is 10.1. The van der Waals surface area contributed by atoms with Gasteiger partial charge in [-0.05, 0) is 43.6 Å². The van der Waals surface area contributed by atoms with Crippen LogP contribution in [0.3, 0.4) is 0 Å². The molecule has 0 aliphatic heterocycles. The van der Waals surface area contributed by atoms with Crippen LogP contribution < -0.4 is 5.56 Å². The maximum Gasteiger partial charge on any atom is 0.265 e. The molecule has 2 rings (SSSR count). The normalized spacial score (nSPS) is 14.8. The molecule has 1 aliphatic carbocycles. The van der Waals surface area contributed by atoms with Crippen molar-refractivity contribution < 1.29 is 5.11 Å². The van der Waals surface area contributed by atoms with E-state index in [4.69, 9.17) is 12.2 Å². The Morgan fingerprint density at radius 1 is 1.45 bits per heavy atom. The van der Waals surface area contributed by atoms with Crippen molar-refractivity contribution in [1.82, 2.24) is 9.13 Å². The zero-order valence-electron chi connectivity index (χ0n) is 11.7. The summed E-state index contributed by atoms with van der Waals surface area (Å²) in [5, 5.41) is 10.0. The van der Waals surface area contributed by atoms with Crippen LogP contribution in [-0.4, -0.2) is 14.2 Å². The van der Waals surface area contributed by atoms with Crippen LogP contribution in [0.25, 0.3) is 6.08 Å². The fourth-order valence-corrected chi connectivity index (χ4v) is 2.43. The lowest BCUT2D eigenvalue weighted by molar-refractivity contribution is 0.412. The van der Waals surface area contributed by atoms with E-state index in [0.29, 0.717) is 11.3 Å². The Morgan fingerprint density at radius 3 is 2.80 bits per heavy atom. The molecule has 1 aliphatic rings. The predicted molar refractivity (Wildman–Crippen MR) is 83.3 cm³/mol. The van der Waals surface area contributed by atoms with E-state index < -0.39 is 0 Å². The SMILES string of the molecule is C/C=C\c1c(O)n(C)c(=S)n(CC2=CCCC=C2)c1=O. The summed E-state index contributed by atoms with van der Waals surface area (Å²) in [5.74, 6) is -0.0949. The summed E-state index contributed by atoms with van der Waals surface area (Å²) in [6.07, 6.45) is 11.6. The minimum absolute atomic E-state index is 0.0949. The Morgan fingerprint density at radius 2 is 2.20 bits per heavy atom. The van der Waals surface area contributed by atoms with Crippen molar-refractivity contribution >= 4 is 18.3 Å². The van der Waals surface area contributed by atoms with Crippen LogP contribution in [-0.2, 0) is 13.6 Å². The molecule has 0 saturated carbocycles. The molecule has 1 N–H and O–H groups in total. The number of hydrogen-bond acceptors (Lipinski definition) is 3. The van der Waals surface area contributed by atoms with Gasteiger partial charge in [0.25, 0.3) is 5.56 Å². The molecule has 106 valence electrons. The molecule has 0 fully saturated rings. The summed E-state index contributed by atoms with van der Waals surface area (Å²) in [4.78, 5) is 12.4. The van der Waals surface area contributed by atoms with Gasteiger partial charge in [0.2, 0.25) is 5.88 Å². The minimum Gasteiger partial charge on any atom is -0.494 e. The first-order valence-electron chi connectivity index (χ1n) is 6.57. The van der Waals surface area contributed by atoms with Crippen LogP contribution in [0.15, 0.2) is 34.7 Å². The van der Waals surface area contributed by atoms with E-state index in [1.54, 1.807) is 26.1 Å². The number of rotatable bonds is 3. The van der Waals surface area contributed by atoms with Gasteiger partial charge in [-0.2, -0.15) is 0 Å². The highest BCUT2D eigenvalue weighted by Gasteiger charge is 2.13. The van der Waals surface area contributed by atoms with E-state index in [2.05, 4.69) is 12.2 Å². The second-order valence-corrected chi connectivity index (χ2v) is 5.09. The van der Waals surface area contributed by atoms with Crippen LogP contribution in [0.2, 0.25) is 0 Å². The third-order valence-electron chi connectivity index (χ3n) is 3.30. The predicted octanol–water partition coefficient (Wildman–Crippen LogP) is 2.93. The number of aromatic nitrogens is 2. The van der Waals surface area contributed by atoms with Crippen LogP contribution in [0.4, 0.5) is 0 Å². The van der Waals surface area contributed by atoms with Crippen molar-refractivity contribution in [3.05, 3.63) is 50.6 Å². The number of allylic oxidation sites excluding steroid dienone is 5. The number of aromatic hydroxyl groups is 1. The van der Waals surface area contributed by atoms with Gasteiger partial charge in [-0.15, -0.1) is 0 Å². The maximum atomic E-state index is 12.4. The third kappa shape index (κ3) is 2.67. The summed E-state index contributed by atoms with van der Waals surface area (Å²) < 4.78 is 3.30. The zero-order valence-corrected chi connectivity index (χ0v) is 12.5. The Hall–Kier alpha value is -1.88. The van der Waals surface area contributed by atoms with Gasteiger partial charge in [-0.1, -0.05) is 24.3 Å². The first kappa shape index (κ1) is 14.5. The van der Waals surface area contributed by atoms with Crippen molar-refractivity contribution in [1.29, 1.82) is 0 Å². The first-order chi connectivity index (χ1) is 9.56. The average Bonchev–Trinajstić information content (AvgIpc) is 2.47. The molecule has 0 radical (unpaired) electrons. The number of nitrogens with zero attached hydrogens (tertiary/aromatic N) is 2. The monoisotopic (exact) mass is 290 g/mol. The van der Waals surface area contributed by atoms with Gasteiger partial charge in [-0.25, -0.2) is 0 Å². The van der Waals surface area contributed by atoms with Crippen molar-refractivity contribution in [2.24, 2.45) is 7.05 Å². The molecule has 4 nitrogen and oxygen atoms in total. The standard InChI is InChI=1S/C15H18N2O2S/c1-3-7-12-13(18)16(2)15(20)17(14(12)19)10-11-8-5-4-6-9-11/h3,5,7-9,18H,4,6,10H2,1-2H3/b7-3-. The third-order valence-corrected chi connectivity index (χ3v) is 3.79. The van der Waals surface area contributed by atoms with Crippen LogP contribution in [0, 0.1) is 4.77 Å². The quantitative estimate of drug-likeness (QED) is 0.871. The van der Waals surface area contributed by atoms with Crippen molar-refractivity contribution in [2.45, 2.75) is 26.3 Å². The van der Waals surface area contributed by atoms with E-state index in [0.717, 1.165) is 18.4 Å². The van der Waals surface area contributed by atoms with E-state index >= 15 is 0 Å². The average molecular weight is 290 g/mol. The Labute approximate surface area is 123 Å². The van der Waals surface area contributed by atoms with E-state index in [1.165, 1.54) is 9.13 Å². The van der Waals surface area contributed by atoms with Gasteiger partial charge in [-0.3, -0.25) is 13.9 Å². The fraction of sp³-hybridized carbons (Fsp3) is 0.333. The first-order valence-corrected chi connectivity index (χ1v) is 6.98. The number of hydrogen-bond donors (Lipinski definition) is 1. The minimum atomic E-state index is -0.261. The van der Waals surface area contributed by atoms with Crippen LogP contribution in [0.1, 0.15) is 25.3 Å². The second-order valence-electron chi connectivity index (χ2n) is 4.73. The van der Waals surface area contributed by atoms with E-state index in [9.17, 15) is 9.90 Å². The largest absolute Gasteiger partial charge is 0.494 e. The molecule has 0 aromatic carbocycles. The molecular weight excluding hydrogens is 272 g/mol. The molecule has 0 unspecified atom stereocenters. The molecule has 0 atom stereocenters. The molecule has 0 bridgehead atoms. The Balaban J connectivity index is 2.58. The molecule has 20 heavy (non-hydrogen) atoms. The molecular formula is C15H18N2O2S. The topological polar surface area (TPSA) is 47.2 Å². The highest BCUT2D eigenvalue weighted by molar-refractivity contribution is 7.71. The molecule has 5 heteroatoms. The maximum absolute atomic E-state index is 12.4. The van der Waals surface area contributed by atoms with Gasteiger partial charge in [0.1, 0.15) is 0 Å². The lowest BCUT2D eigenvalue weighted by Gasteiger charge is -2.14. The smallest absolute Gasteiger partial charge is 0.265 e. The summed E-state index contributed by atoms with van der Waals surface area (Å²) in [6.45, 7) is 2.24. The van der Waals surface area contributed by atoms with E-state index in [1.807, 2.05) is 6.08 Å². The highest BCUT2D eigenvalue weighted by Crippen LogP contribution is 2.16. The van der Waals surface area contributed by atoms with E-state index in [-0.39, 0.29) is 17.0 Å². The summed E-state index contributed by atoms with van der Waals surface area (Å²) in [5.41, 5.74) is 1.08. The van der Waals surface area contributed by atoms with Gasteiger partial charge >= 0.3 is 0 Å².